The Morgan fingerprint density at radius 1 is 1.17 bits per heavy atom. The fraction of sp³-hybridized carbons (Fsp3) is 0.643. The van der Waals surface area contributed by atoms with Gasteiger partial charge in [0.05, 0.1) is 0 Å². The van der Waals surface area contributed by atoms with E-state index in [1.54, 1.807) is 0 Å². The highest BCUT2D eigenvalue weighted by Gasteiger charge is 2.29. The molecule has 2 N–H and O–H groups in total. The zero-order chi connectivity index (χ0) is 11.9. The van der Waals surface area contributed by atoms with Crippen LogP contribution in [0.3, 0.4) is 0 Å². The van der Waals surface area contributed by atoms with Crippen LogP contribution < -0.4 is 15.5 Å². The van der Waals surface area contributed by atoms with Crippen LogP contribution in [0.4, 0.5) is 11.5 Å². The summed E-state index contributed by atoms with van der Waals surface area (Å²) in [7, 11) is 0. The summed E-state index contributed by atoms with van der Waals surface area (Å²) in [6.07, 6.45) is 3.78. The Balaban J connectivity index is 1.74. The van der Waals surface area contributed by atoms with Gasteiger partial charge in [-0.25, -0.2) is 4.98 Å². The van der Waals surface area contributed by atoms with Crippen molar-refractivity contribution in [3.63, 3.8) is 0 Å². The van der Waals surface area contributed by atoms with Gasteiger partial charge in [-0.15, -0.1) is 0 Å². The summed E-state index contributed by atoms with van der Waals surface area (Å²) in [5.41, 5.74) is 4.21. The van der Waals surface area contributed by atoms with Gasteiger partial charge < -0.3 is 15.5 Å². The number of pyridine rings is 1. The first-order valence-electron chi connectivity index (χ1n) is 7.15. The molecular weight excluding hydrogens is 224 g/mol. The molecular formula is C14H20N4. The van der Waals surface area contributed by atoms with Gasteiger partial charge in [0.1, 0.15) is 5.82 Å². The van der Waals surface area contributed by atoms with E-state index in [1.165, 1.54) is 29.8 Å². The number of fused-ring (bicyclic) bond motifs is 1. The second-order valence-electron chi connectivity index (χ2n) is 5.58. The number of hydrogen-bond acceptors (Lipinski definition) is 4. The van der Waals surface area contributed by atoms with E-state index in [1.807, 2.05) is 0 Å². The van der Waals surface area contributed by atoms with Crippen LogP contribution >= 0.6 is 0 Å². The average Bonchev–Trinajstić information content (AvgIpc) is 3.17. The molecule has 4 nitrogen and oxygen atoms in total. The first-order valence-corrected chi connectivity index (χ1v) is 7.15. The molecule has 1 aliphatic carbocycles. The van der Waals surface area contributed by atoms with Crippen LogP contribution in [0.25, 0.3) is 0 Å². The zero-order valence-electron chi connectivity index (χ0n) is 10.7. The number of hydrogen-bond donors (Lipinski definition) is 2. The minimum absolute atomic E-state index is 0.736. The Bertz CT molecular complexity index is 461. The predicted molar refractivity (Wildman–Crippen MR) is 73.5 cm³/mol. The molecule has 0 atom stereocenters. The standard InChI is InChI=1S/C14H20N4/c1-2-10(1)12-9-13(18-7-5-15-6-8-18)11-3-4-16-14(11)17-12/h9-10,15H,1-8H2,(H,16,17). The number of piperazine rings is 1. The quantitative estimate of drug-likeness (QED) is 0.823. The lowest BCUT2D eigenvalue weighted by Gasteiger charge is -2.31. The van der Waals surface area contributed by atoms with Crippen molar-refractivity contribution >= 4 is 11.5 Å². The summed E-state index contributed by atoms with van der Waals surface area (Å²) >= 11 is 0. The molecule has 1 aromatic rings. The lowest BCUT2D eigenvalue weighted by atomic mass is 10.1. The van der Waals surface area contributed by atoms with Gasteiger partial charge in [0.15, 0.2) is 0 Å². The molecule has 0 radical (unpaired) electrons. The summed E-state index contributed by atoms with van der Waals surface area (Å²) in [4.78, 5) is 7.35. The van der Waals surface area contributed by atoms with E-state index < -0.39 is 0 Å². The van der Waals surface area contributed by atoms with Crippen LogP contribution in [0.5, 0.6) is 0 Å². The van der Waals surface area contributed by atoms with Crippen molar-refractivity contribution in [1.82, 2.24) is 10.3 Å². The van der Waals surface area contributed by atoms with E-state index in [4.69, 9.17) is 4.98 Å². The summed E-state index contributed by atoms with van der Waals surface area (Å²) < 4.78 is 0. The third-order valence-corrected chi connectivity index (χ3v) is 4.24. The lowest BCUT2D eigenvalue weighted by molar-refractivity contribution is 0.588. The first-order chi connectivity index (χ1) is 8.92. The summed E-state index contributed by atoms with van der Waals surface area (Å²) in [6, 6.07) is 2.37. The monoisotopic (exact) mass is 244 g/mol. The molecule has 3 heterocycles. The Morgan fingerprint density at radius 2 is 2.00 bits per heavy atom. The van der Waals surface area contributed by atoms with Gasteiger partial charge in [0.25, 0.3) is 0 Å². The number of nitrogens with one attached hydrogen (secondary N) is 2. The molecule has 3 aliphatic rings. The normalized spacial score (nSPS) is 22.8. The molecule has 0 unspecified atom stereocenters. The Hall–Kier alpha value is -1.29. The van der Waals surface area contributed by atoms with Crippen LogP contribution in [0.2, 0.25) is 0 Å². The van der Waals surface area contributed by atoms with Gasteiger partial charge in [0, 0.05) is 55.6 Å². The summed E-state index contributed by atoms with van der Waals surface area (Å²) in [6.45, 7) is 5.50. The molecule has 96 valence electrons. The number of nitrogens with zero attached hydrogens (tertiary/aromatic N) is 2. The highest BCUT2D eigenvalue weighted by Crippen LogP contribution is 2.42. The van der Waals surface area contributed by atoms with E-state index in [0.29, 0.717) is 0 Å². The van der Waals surface area contributed by atoms with Crippen LogP contribution in [0.1, 0.15) is 30.0 Å². The van der Waals surface area contributed by atoms with Crippen molar-refractivity contribution in [2.75, 3.05) is 42.9 Å². The molecule has 0 amide bonds. The third-order valence-electron chi connectivity index (χ3n) is 4.24. The second-order valence-corrected chi connectivity index (χ2v) is 5.58. The zero-order valence-corrected chi connectivity index (χ0v) is 10.7. The minimum atomic E-state index is 0.736. The number of rotatable bonds is 2. The van der Waals surface area contributed by atoms with E-state index in [-0.39, 0.29) is 0 Å². The van der Waals surface area contributed by atoms with Gasteiger partial charge in [-0.1, -0.05) is 0 Å². The average molecular weight is 244 g/mol. The topological polar surface area (TPSA) is 40.2 Å². The summed E-state index contributed by atoms with van der Waals surface area (Å²) in [5, 5.41) is 6.88. The first kappa shape index (κ1) is 10.6. The molecule has 4 rings (SSSR count). The highest BCUT2D eigenvalue weighted by atomic mass is 15.2. The van der Waals surface area contributed by atoms with Gasteiger partial charge in [-0.2, -0.15) is 0 Å². The SMILES string of the molecule is c1c(C2CC2)nc2c(c1N1CCNCC1)CCN2. The molecule has 2 aliphatic heterocycles. The van der Waals surface area contributed by atoms with Crippen LogP contribution in [-0.4, -0.2) is 37.7 Å². The molecule has 1 saturated carbocycles. The smallest absolute Gasteiger partial charge is 0.131 e. The van der Waals surface area contributed by atoms with Gasteiger partial charge >= 0.3 is 0 Å². The second kappa shape index (κ2) is 4.12. The van der Waals surface area contributed by atoms with Crippen molar-refractivity contribution in [3.05, 3.63) is 17.3 Å². The minimum Gasteiger partial charge on any atom is -0.369 e. The third kappa shape index (κ3) is 1.75. The maximum atomic E-state index is 4.82. The van der Waals surface area contributed by atoms with Crippen molar-refractivity contribution < 1.29 is 0 Å². The van der Waals surface area contributed by atoms with Crippen LogP contribution in [0.15, 0.2) is 6.07 Å². The van der Waals surface area contributed by atoms with Crippen LogP contribution in [-0.2, 0) is 6.42 Å². The summed E-state index contributed by atoms with van der Waals surface area (Å²) in [5.74, 6) is 1.90. The molecule has 2 fully saturated rings. The number of anilines is 2. The maximum Gasteiger partial charge on any atom is 0.131 e. The lowest BCUT2D eigenvalue weighted by Crippen LogP contribution is -2.43. The fourth-order valence-electron chi connectivity index (χ4n) is 3.05. The van der Waals surface area contributed by atoms with Crippen molar-refractivity contribution in [2.45, 2.75) is 25.2 Å². The molecule has 0 aromatic carbocycles. The molecule has 4 heteroatoms. The van der Waals surface area contributed by atoms with E-state index >= 15 is 0 Å². The highest BCUT2D eigenvalue weighted by molar-refractivity contribution is 5.67. The molecule has 18 heavy (non-hydrogen) atoms. The Morgan fingerprint density at radius 3 is 2.78 bits per heavy atom. The maximum absolute atomic E-state index is 4.82. The predicted octanol–water partition coefficient (Wildman–Crippen LogP) is 1.34. The van der Waals surface area contributed by atoms with Gasteiger partial charge in [-0.3, -0.25) is 0 Å². The largest absolute Gasteiger partial charge is 0.369 e. The van der Waals surface area contributed by atoms with Crippen molar-refractivity contribution in [3.8, 4) is 0 Å². The van der Waals surface area contributed by atoms with Crippen LogP contribution in [0, 0.1) is 0 Å². The number of aromatic nitrogens is 1. The van der Waals surface area contributed by atoms with Crippen molar-refractivity contribution in [1.29, 1.82) is 0 Å². The molecule has 0 spiro atoms. The molecule has 0 bridgehead atoms. The fourth-order valence-corrected chi connectivity index (χ4v) is 3.05. The van der Waals surface area contributed by atoms with E-state index in [9.17, 15) is 0 Å². The molecule has 1 saturated heterocycles. The van der Waals surface area contributed by atoms with Gasteiger partial charge in [-0.05, 0) is 25.3 Å². The molecule has 1 aromatic heterocycles. The van der Waals surface area contributed by atoms with E-state index in [0.717, 1.165) is 50.9 Å². The van der Waals surface area contributed by atoms with E-state index in [2.05, 4.69) is 21.6 Å². The van der Waals surface area contributed by atoms with Crippen molar-refractivity contribution in [2.24, 2.45) is 0 Å². The Kier molecular flexibility index (Phi) is 2.43. The Labute approximate surface area is 108 Å². The van der Waals surface area contributed by atoms with Gasteiger partial charge in [0.2, 0.25) is 0 Å².